The van der Waals surface area contributed by atoms with E-state index in [0.29, 0.717) is 23.6 Å². The number of pyridine rings is 1. The quantitative estimate of drug-likeness (QED) is 0.824. The van der Waals surface area contributed by atoms with Crippen molar-refractivity contribution in [1.29, 1.82) is 0 Å². The van der Waals surface area contributed by atoms with Gasteiger partial charge in [0.2, 0.25) is 0 Å². The minimum atomic E-state index is -0.465. The molecule has 0 saturated carbocycles. The Bertz CT molecular complexity index is 482. The highest BCUT2D eigenvalue weighted by atomic mass is 16.5. The van der Waals surface area contributed by atoms with Gasteiger partial charge in [0.1, 0.15) is 0 Å². The molecular weight excluding hydrogens is 256 g/mol. The van der Waals surface area contributed by atoms with Crippen LogP contribution in [0.4, 0.5) is 11.5 Å². The number of piperidine rings is 1. The SMILES string of the molecule is COC(=O)c1ccc(N)c(NN2C(C)CCCC2C)n1. The number of rotatable bonds is 3. The maximum atomic E-state index is 11.5. The van der Waals surface area contributed by atoms with Gasteiger partial charge in [-0.25, -0.2) is 14.8 Å². The van der Waals surface area contributed by atoms with E-state index in [1.165, 1.54) is 13.5 Å². The molecule has 0 bridgehead atoms. The van der Waals surface area contributed by atoms with Crippen molar-refractivity contribution in [3.63, 3.8) is 0 Å². The van der Waals surface area contributed by atoms with Gasteiger partial charge in [-0.05, 0) is 38.8 Å². The fraction of sp³-hybridized carbons (Fsp3) is 0.571. The molecular formula is C14H22N4O2. The molecule has 0 radical (unpaired) electrons. The number of nitrogens with one attached hydrogen (secondary N) is 1. The van der Waals surface area contributed by atoms with Crippen molar-refractivity contribution < 1.29 is 9.53 Å². The van der Waals surface area contributed by atoms with Gasteiger partial charge in [-0.3, -0.25) is 0 Å². The van der Waals surface area contributed by atoms with E-state index in [1.54, 1.807) is 12.1 Å². The number of nitrogens with two attached hydrogens (primary N) is 1. The molecule has 0 aromatic carbocycles. The van der Waals surface area contributed by atoms with Crippen molar-refractivity contribution in [1.82, 2.24) is 9.99 Å². The van der Waals surface area contributed by atoms with Crippen LogP contribution in [0.3, 0.4) is 0 Å². The van der Waals surface area contributed by atoms with Crippen LogP contribution in [0.1, 0.15) is 43.6 Å². The molecule has 1 saturated heterocycles. The number of anilines is 2. The molecule has 0 aliphatic carbocycles. The van der Waals surface area contributed by atoms with Crippen LogP contribution in [0.5, 0.6) is 0 Å². The predicted octanol–water partition coefficient (Wildman–Crippen LogP) is 2.04. The van der Waals surface area contributed by atoms with E-state index >= 15 is 0 Å². The summed E-state index contributed by atoms with van der Waals surface area (Å²) in [7, 11) is 1.34. The van der Waals surface area contributed by atoms with Gasteiger partial charge in [0, 0.05) is 12.1 Å². The second kappa shape index (κ2) is 6.09. The number of methoxy groups -OCH3 is 1. The molecule has 1 aliphatic rings. The average molecular weight is 278 g/mol. The lowest BCUT2D eigenvalue weighted by Crippen LogP contribution is -2.47. The molecule has 0 amide bonds. The Morgan fingerprint density at radius 1 is 1.40 bits per heavy atom. The minimum absolute atomic E-state index is 0.251. The van der Waals surface area contributed by atoms with E-state index in [9.17, 15) is 4.79 Å². The first-order valence-electron chi connectivity index (χ1n) is 6.92. The largest absolute Gasteiger partial charge is 0.464 e. The fourth-order valence-corrected chi connectivity index (χ4v) is 2.54. The van der Waals surface area contributed by atoms with Crippen molar-refractivity contribution in [2.75, 3.05) is 18.3 Å². The molecule has 6 heteroatoms. The van der Waals surface area contributed by atoms with Gasteiger partial charge in [0.25, 0.3) is 0 Å². The lowest BCUT2D eigenvalue weighted by molar-refractivity contribution is 0.0594. The van der Waals surface area contributed by atoms with Crippen LogP contribution in [-0.2, 0) is 4.74 Å². The number of carbonyl (C=O) groups excluding carboxylic acids is 1. The Morgan fingerprint density at radius 2 is 2.05 bits per heavy atom. The zero-order valence-electron chi connectivity index (χ0n) is 12.2. The predicted molar refractivity (Wildman–Crippen MR) is 78.2 cm³/mol. The average Bonchev–Trinajstić information content (AvgIpc) is 2.44. The van der Waals surface area contributed by atoms with Crippen LogP contribution in [0, 0.1) is 0 Å². The molecule has 3 N–H and O–H groups in total. The standard InChI is InChI=1S/C14H22N4O2/c1-9-5-4-6-10(2)18(9)17-13-11(15)7-8-12(16-13)14(19)20-3/h7-10H,4-6,15H2,1-3H3,(H,16,17). The Hall–Kier alpha value is -1.82. The Morgan fingerprint density at radius 3 is 2.65 bits per heavy atom. The monoisotopic (exact) mass is 278 g/mol. The van der Waals surface area contributed by atoms with Crippen molar-refractivity contribution in [3.05, 3.63) is 17.8 Å². The normalized spacial score (nSPS) is 23.4. The molecule has 2 rings (SSSR count). The second-order valence-electron chi connectivity index (χ2n) is 5.27. The number of hydrazine groups is 1. The number of nitrogen functional groups attached to an aromatic ring is 1. The van der Waals surface area contributed by atoms with Crippen LogP contribution in [0.15, 0.2) is 12.1 Å². The highest BCUT2D eigenvalue weighted by molar-refractivity contribution is 5.88. The zero-order chi connectivity index (χ0) is 14.7. The molecule has 1 aromatic rings. The molecule has 20 heavy (non-hydrogen) atoms. The first kappa shape index (κ1) is 14.6. The fourth-order valence-electron chi connectivity index (χ4n) is 2.54. The molecule has 1 fully saturated rings. The van der Waals surface area contributed by atoms with Crippen molar-refractivity contribution in [3.8, 4) is 0 Å². The lowest BCUT2D eigenvalue weighted by Gasteiger charge is -2.39. The van der Waals surface area contributed by atoms with Crippen molar-refractivity contribution in [2.45, 2.75) is 45.2 Å². The van der Waals surface area contributed by atoms with Gasteiger partial charge < -0.3 is 15.9 Å². The molecule has 2 heterocycles. The molecule has 2 atom stereocenters. The van der Waals surface area contributed by atoms with Gasteiger partial charge in [-0.15, -0.1) is 0 Å². The number of esters is 1. The number of aromatic nitrogens is 1. The summed E-state index contributed by atoms with van der Waals surface area (Å²) in [5.41, 5.74) is 9.96. The smallest absolute Gasteiger partial charge is 0.356 e. The Balaban J connectivity index is 2.21. The Kier molecular flexibility index (Phi) is 4.44. The maximum absolute atomic E-state index is 11.5. The number of nitrogens with zero attached hydrogens (tertiary/aromatic N) is 2. The van der Waals surface area contributed by atoms with E-state index in [4.69, 9.17) is 5.73 Å². The maximum Gasteiger partial charge on any atom is 0.356 e. The van der Waals surface area contributed by atoms with E-state index in [-0.39, 0.29) is 5.69 Å². The number of ether oxygens (including phenoxy) is 1. The molecule has 1 aromatic heterocycles. The topological polar surface area (TPSA) is 80.5 Å². The van der Waals surface area contributed by atoms with Crippen LogP contribution in [0.25, 0.3) is 0 Å². The van der Waals surface area contributed by atoms with E-state index in [2.05, 4.69) is 34.0 Å². The van der Waals surface area contributed by atoms with Crippen LogP contribution < -0.4 is 11.2 Å². The molecule has 0 spiro atoms. The number of carbonyl (C=O) groups is 1. The molecule has 110 valence electrons. The van der Waals surface area contributed by atoms with E-state index < -0.39 is 5.97 Å². The third-order valence-electron chi connectivity index (χ3n) is 3.75. The summed E-state index contributed by atoms with van der Waals surface area (Å²) in [4.78, 5) is 15.8. The summed E-state index contributed by atoms with van der Waals surface area (Å²) in [5, 5.41) is 2.16. The van der Waals surface area contributed by atoms with Crippen molar-refractivity contribution >= 4 is 17.5 Å². The highest BCUT2D eigenvalue weighted by Gasteiger charge is 2.25. The number of hydrogen-bond acceptors (Lipinski definition) is 6. The summed E-state index contributed by atoms with van der Waals surface area (Å²) in [6.07, 6.45) is 3.49. The van der Waals surface area contributed by atoms with Gasteiger partial charge in [-0.2, -0.15) is 0 Å². The minimum Gasteiger partial charge on any atom is -0.464 e. The second-order valence-corrected chi connectivity index (χ2v) is 5.27. The lowest BCUT2D eigenvalue weighted by atomic mass is 10.00. The summed E-state index contributed by atoms with van der Waals surface area (Å²) >= 11 is 0. The van der Waals surface area contributed by atoms with Crippen LogP contribution in [0.2, 0.25) is 0 Å². The van der Waals surface area contributed by atoms with Gasteiger partial charge >= 0.3 is 5.97 Å². The molecule has 6 nitrogen and oxygen atoms in total. The summed E-state index contributed by atoms with van der Waals surface area (Å²) < 4.78 is 4.68. The van der Waals surface area contributed by atoms with Gasteiger partial charge in [0.05, 0.1) is 12.8 Å². The molecule has 1 aliphatic heterocycles. The van der Waals surface area contributed by atoms with E-state index in [0.717, 1.165) is 12.8 Å². The third kappa shape index (κ3) is 3.01. The van der Waals surface area contributed by atoms with E-state index in [1.807, 2.05) is 0 Å². The zero-order valence-corrected chi connectivity index (χ0v) is 12.2. The molecule has 2 unspecified atom stereocenters. The summed E-state index contributed by atoms with van der Waals surface area (Å²) in [6, 6.07) is 4.04. The van der Waals surface area contributed by atoms with Crippen LogP contribution in [-0.4, -0.2) is 35.2 Å². The van der Waals surface area contributed by atoms with Gasteiger partial charge in [0.15, 0.2) is 11.5 Å². The summed E-state index contributed by atoms with van der Waals surface area (Å²) in [5.74, 6) is 0.0429. The van der Waals surface area contributed by atoms with Gasteiger partial charge in [-0.1, -0.05) is 6.42 Å². The first-order chi connectivity index (χ1) is 9.52. The Labute approximate surface area is 119 Å². The number of hydrogen-bond donors (Lipinski definition) is 2. The highest BCUT2D eigenvalue weighted by Crippen LogP contribution is 2.25. The summed E-state index contributed by atoms with van der Waals surface area (Å²) in [6.45, 7) is 4.34. The first-order valence-corrected chi connectivity index (χ1v) is 6.92. The van der Waals surface area contributed by atoms with Crippen LogP contribution >= 0.6 is 0 Å². The third-order valence-corrected chi connectivity index (χ3v) is 3.75. The van der Waals surface area contributed by atoms with Crippen molar-refractivity contribution in [2.24, 2.45) is 0 Å².